The fourth-order valence-electron chi connectivity index (χ4n) is 1.76. The van der Waals surface area contributed by atoms with Crippen LogP contribution in [0.4, 0.5) is 0 Å². The van der Waals surface area contributed by atoms with E-state index in [4.69, 9.17) is 5.73 Å². The molecule has 2 amide bonds. The van der Waals surface area contributed by atoms with Crippen molar-refractivity contribution in [3.05, 3.63) is 0 Å². The molecule has 0 aromatic carbocycles. The minimum Gasteiger partial charge on any atom is -0.356 e. The lowest BCUT2D eigenvalue weighted by molar-refractivity contribution is -0.127. The van der Waals surface area contributed by atoms with Crippen molar-refractivity contribution in [2.24, 2.45) is 11.7 Å². The Bertz CT molecular complexity index is 243. The number of nitrogens with two attached hydrogens (primary N) is 1. The van der Waals surface area contributed by atoms with Gasteiger partial charge in [0.05, 0.1) is 0 Å². The summed E-state index contributed by atoms with van der Waals surface area (Å²) in [6, 6.07) is 0. The van der Waals surface area contributed by atoms with Crippen molar-refractivity contribution in [1.82, 2.24) is 10.2 Å². The van der Waals surface area contributed by atoms with Crippen LogP contribution in [-0.2, 0) is 9.59 Å². The van der Waals surface area contributed by atoms with Crippen LogP contribution in [0.25, 0.3) is 0 Å². The number of hydrogen-bond acceptors (Lipinski definition) is 3. The molecule has 0 saturated carbocycles. The Hall–Kier alpha value is -1.10. The summed E-state index contributed by atoms with van der Waals surface area (Å²) in [4.78, 5) is 23.9. The number of carbonyl (C=O) groups excluding carboxylic acids is 2. The van der Waals surface area contributed by atoms with Gasteiger partial charge in [-0.15, -0.1) is 0 Å². The minimum absolute atomic E-state index is 0.0254. The van der Waals surface area contributed by atoms with E-state index < -0.39 is 0 Å². The van der Waals surface area contributed by atoms with Gasteiger partial charge in [0.1, 0.15) is 0 Å². The molecule has 1 heterocycles. The summed E-state index contributed by atoms with van der Waals surface area (Å²) < 4.78 is 0. The third kappa shape index (κ3) is 3.87. The summed E-state index contributed by atoms with van der Waals surface area (Å²) >= 11 is 0. The fraction of sp³-hybridized carbons (Fsp3) is 0.800. The summed E-state index contributed by atoms with van der Waals surface area (Å²) in [5.74, 6) is 0.481. The molecule has 1 saturated heterocycles. The van der Waals surface area contributed by atoms with E-state index in [0.29, 0.717) is 25.4 Å². The van der Waals surface area contributed by atoms with Gasteiger partial charge >= 0.3 is 0 Å². The first kappa shape index (κ1) is 12.0. The highest BCUT2D eigenvalue weighted by atomic mass is 16.2. The third-order valence-electron chi connectivity index (χ3n) is 2.61. The second-order valence-electron chi connectivity index (χ2n) is 3.98. The van der Waals surface area contributed by atoms with Crippen molar-refractivity contribution in [1.29, 1.82) is 0 Å². The van der Waals surface area contributed by atoms with Crippen molar-refractivity contribution < 1.29 is 9.59 Å². The van der Waals surface area contributed by atoms with E-state index in [1.165, 1.54) is 6.92 Å². The van der Waals surface area contributed by atoms with Crippen molar-refractivity contribution in [3.63, 3.8) is 0 Å². The molecule has 1 fully saturated rings. The van der Waals surface area contributed by atoms with Gasteiger partial charge in [0.2, 0.25) is 11.8 Å². The highest BCUT2D eigenvalue weighted by Gasteiger charge is 2.27. The van der Waals surface area contributed by atoms with Crippen LogP contribution in [0.3, 0.4) is 0 Å². The Labute approximate surface area is 90.0 Å². The lowest BCUT2D eigenvalue weighted by Gasteiger charge is -2.16. The van der Waals surface area contributed by atoms with Crippen molar-refractivity contribution in [2.75, 3.05) is 26.2 Å². The molecule has 5 heteroatoms. The quantitative estimate of drug-likeness (QED) is 0.594. The summed E-state index contributed by atoms with van der Waals surface area (Å²) in [5.41, 5.74) is 5.52. The van der Waals surface area contributed by atoms with Crippen LogP contribution in [0.1, 0.15) is 19.8 Å². The van der Waals surface area contributed by atoms with Crippen LogP contribution in [0.15, 0.2) is 0 Å². The summed E-state index contributed by atoms with van der Waals surface area (Å²) in [7, 11) is 0. The number of likely N-dealkylation sites (tertiary alicyclic amines) is 1. The van der Waals surface area contributed by atoms with E-state index in [0.717, 1.165) is 19.5 Å². The topological polar surface area (TPSA) is 75.4 Å². The van der Waals surface area contributed by atoms with E-state index in [1.807, 2.05) is 4.90 Å². The maximum absolute atomic E-state index is 11.5. The SMILES string of the molecule is CC(=O)NCCCN1CC(CN)CC1=O. The lowest BCUT2D eigenvalue weighted by atomic mass is 10.1. The number of amides is 2. The molecule has 0 aromatic heterocycles. The molecule has 1 rings (SSSR count). The van der Waals surface area contributed by atoms with Gasteiger partial charge in [0.15, 0.2) is 0 Å². The summed E-state index contributed by atoms with van der Waals surface area (Å²) in [6.45, 7) is 4.19. The Morgan fingerprint density at radius 3 is 2.93 bits per heavy atom. The van der Waals surface area contributed by atoms with Gasteiger partial charge in [-0.2, -0.15) is 0 Å². The van der Waals surface area contributed by atoms with Crippen LogP contribution < -0.4 is 11.1 Å². The maximum atomic E-state index is 11.5. The second kappa shape index (κ2) is 5.70. The van der Waals surface area contributed by atoms with E-state index in [-0.39, 0.29) is 11.8 Å². The molecular formula is C10H19N3O2. The van der Waals surface area contributed by atoms with Gasteiger partial charge in [-0.1, -0.05) is 0 Å². The molecule has 3 N–H and O–H groups in total. The van der Waals surface area contributed by atoms with Crippen LogP contribution in [-0.4, -0.2) is 42.9 Å². The summed E-state index contributed by atoms with van der Waals surface area (Å²) in [5, 5.41) is 2.71. The predicted molar refractivity (Wildman–Crippen MR) is 57.0 cm³/mol. The van der Waals surface area contributed by atoms with Crippen LogP contribution >= 0.6 is 0 Å². The van der Waals surface area contributed by atoms with Gasteiger partial charge in [0, 0.05) is 33.0 Å². The molecule has 86 valence electrons. The molecule has 1 aliphatic heterocycles. The minimum atomic E-state index is -0.0254. The first-order valence-corrected chi connectivity index (χ1v) is 5.35. The standard InChI is InChI=1S/C10H19N3O2/c1-8(14)12-3-2-4-13-7-9(6-11)5-10(13)15/h9H,2-7,11H2,1H3,(H,12,14). The predicted octanol–water partition coefficient (Wildman–Crippen LogP) is -0.680. The van der Waals surface area contributed by atoms with E-state index in [9.17, 15) is 9.59 Å². The van der Waals surface area contributed by atoms with Crippen LogP contribution in [0, 0.1) is 5.92 Å². The van der Waals surface area contributed by atoms with E-state index in [2.05, 4.69) is 5.32 Å². The van der Waals surface area contributed by atoms with Gasteiger partial charge in [-0.3, -0.25) is 9.59 Å². The Balaban J connectivity index is 2.16. The average Bonchev–Trinajstić information content (AvgIpc) is 2.54. The number of carbonyl (C=O) groups is 2. The second-order valence-corrected chi connectivity index (χ2v) is 3.98. The molecule has 0 aliphatic carbocycles. The van der Waals surface area contributed by atoms with Crippen molar-refractivity contribution in [2.45, 2.75) is 19.8 Å². The van der Waals surface area contributed by atoms with Crippen LogP contribution in [0.5, 0.6) is 0 Å². The molecule has 0 bridgehead atoms. The normalized spacial score (nSPS) is 20.8. The zero-order valence-corrected chi connectivity index (χ0v) is 9.16. The number of rotatable bonds is 5. The molecule has 1 unspecified atom stereocenters. The highest BCUT2D eigenvalue weighted by molar-refractivity contribution is 5.78. The zero-order chi connectivity index (χ0) is 11.3. The fourth-order valence-corrected chi connectivity index (χ4v) is 1.76. The molecule has 1 atom stereocenters. The lowest BCUT2D eigenvalue weighted by Crippen LogP contribution is -2.30. The van der Waals surface area contributed by atoms with E-state index >= 15 is 0 Å². The maximum Gasteiger partial charge on any atom is 0.222 e. The molecule has 5 nitrogen and oxygen atoms in total. The smallest absolute Gasteiger partial charge is 0.222 e. The Kier molecular flexibility index (Phi) is 4.55. The monoisotopic (exact) mass is 213 g/mol. The largest absolute Gasteiger partial charge is 0.356 e. The highest BCUT2D eigenvalue weighted by Crippen LogP contribution is 2.16. The van der Waals surface area contributed by atoms with Crippen LogP contribution in [0.2, 0.25) is 0 Å². The summed E-state index contributed by atoms with van der Waals surface area (Å²) in [6.07, 6.45) is 1.39. The Morgan fingerprint density at radius 2 is 2.40 bits per heavy atom. The molecule has 15 heavy (non-hydrogen) atoms. The molecule has 0 spiro atoms. The first-order valence-electron chi connectivity index (χ1n) is 5.35. The van der Waals surface area contributed by atoms with Crippen molar-refractivity contribution in [3.8, 4) is 0 Å². The van der Waals surface area contributed by atoms with Crippen molar-refractivity contribution >= 4 is 11.8 Å². The molecular weight excluding hydrogens is 194 g/mol. The number of hydrogen-bond donors (Lipinski definition) is 2. The molecule has 0 radical (unpaired) electrons. The molecule has 1 aliphatic rings. The van der Waals surface area contributed by atoms with Gasteiger partial charge in [-0.25, -0.2) is 0 Å². The van der Waals surface area contributed by atoms with Gasteiger partial charge in [0.25, 0.3) is 0 Å². The third-order valence-corrected chi connectivity index (χ3v) is 2.61. The van der Waals surface area contributed by atoms with E-state index in [1.54, 1.807) is 0 Å². The molecule has 0 aromatic rings. The van der Waals surface area contributed by atoms with Gasteiger partial charge in [-0.05, 0) is 18.9 Å². The van der Waals surface area contributed by atoms with Gasteiger partial charge < -0.3 is 16.0 Å². The zero-order valence-electron chi connectivity index (χ0n) is 9.16. The number of nitrogens with one attached hydrogen (secondary N) is 1. The average molecular weight is 213 g/mol. The Morgan fingerprint density at radius 1 is 1.67 bits per heavy atom. The first-order chi connectivity index (χ1) is 7.13. The number of nitrogens with zero attached hydrogens (tertiary/aromatic N) is 1.